The van der Waals surface area contributed by atoms with Crippen molar-refractivity contribution in [1.82, 2.24) is 0 Å². The van der Waals surface area contributed by atoms with Crippen LogP contribution in [-0.4, -0.2) is 11.6 Å². The third kappa shape index (κ3) is 2.88. The van der Waals surface area contributed by atoms with Crippen molar-refractivity contribution < 1.29 is 9.59 Å². The Morgan fingerprint density at radius 3 is 2.26 bits per heavy atom. The van der Waals surface area contributed by atoms with E-state index in [4.69, 9.17) is 5.73 Å². The molecule has 0 heterocycles. The van der Waals surface area contributed by atoms with Crippen LogP contribution in [-0.2, 0) is 16.0 Å². The summed E-state index contributed by atoms with van der Waals surface area (Å²) in [5, 5.41) is 3.22. The van der Waals surface area contributed by atoms with E-state index in [2.05, 4.69) is 24.4 Å². The van der Waals surface area contributed by atoms with Crippen molar-refractivity contribution in [3.8, 4) is 0 Å². The van der Waals surface area contributed by atoms with Crippen LogP contribution in [0.5, 0.6) is 0 Å². The molecule has 0 amide bonds. The monoisotopic (exact) mass is 306 g/mol. The largest absolute Gasteiger partial charge is 0.398 e. The summed E-state index contributed by atoms with van der Waals surface area (Å²) in [6, 6.07) is 8.06. The number of carbonyl (C=O) groups excluding carboxylic acids is 2. The molecular weight excluding hydrogens is 288 g/mol. The van der Waals surface area contributed by atoms with Crippen LogP contribution in [0.3, 0.4) is 0 Å². The molecule has 0 saturated carbocycles. The van der Waals surface area contributed by atoms with Crippen LogP contribution in [0, 0.1) is 0 Å². The summed E-state index contributed by atoms with van der Waals surface area (Å²) in [4.78, 5) is 24.2. The summed E-state index contributed by atoms with van der Waals surface area (Å²) < 4.78 is 0. The Morgan fingerprint density at radius 2 is 1.57 bits per heavy atom. The van der Waals surface area contributed by atoms with E-state index in [0.717, 1.165) is 18.5 Å². The highest BCUT2D eigenvalue weighted by atomic mass is 16.1. The number of anilines is 1. The van der Waals surface area contributed by atoms with Gasteiger partial charge in [0.25, 0.3) is 0 Å². The molecule has 0 aliphatic heterocycles. The number of rotatable bonds is 4. The zero-order chi connectivity index (χ0) is 16.4. The van der Waals surface area contributed by atoms with Crippen LogP contribution in [0.15, 0.2) is 71.1 Å². The molecule has 4 nitrogen and oxygen atoms in total. The van der Waals surface area contributed by atoms with E-state index in [0.29, 0.717) is 17.0 Å². The normalized spacial score (nSPS) is 16.9. The number of carbonyl (C=O) groups is 2. The lowest BCUT2D eigenvalue weighted by Gasteiger charge is -2.21. The number of aryl methyl sites for hydroxylation is 1. The first kappa shape index (κ1) is 15.0. The summed E-state index contributed by atoms with van der Waals surface area (Å²) in [5.41, 5.74) is 9.56. The number of fused-ring (bicyclic) bond motifs is 1. The second kappa shape index (κ2) is 6.08. The van der Waals surface area contributed by atoms with E-state index < -0.39 is 0 Å². The van der Waals surface area contributed by atoms with Gasteiger partial charge < -0.3 is 11.1 Å². The van der Waals surface area contributed by atoms with Crippen LogP contribution >= 0.6 is 0 Å². The molecule has 23 heavy (non-hydrogen) atoms. The van der Waals surface area contributed by atoms with Gasteiger partial charge in [-0.25, -0.2) is 0 Å². The van der Waals surface area contributed by atoms with E-state index in [9.17, 15) is 9.59 Å². The summed E-state index contributed by atoms with van der Waals surface area (Å²) >= 11 is 0. The lowest BCUT2D eigenvalue weighted by atomic mass is 9.86. The molecule has 3 N–H and O–H groups in total. The van der Waals surface area contributed by atoms with Crippen LogP contribution in [0.25, 0.3) is 0 Å². The Bertz CT molecular complexity index is 793. The number of nitrogens with two attached hydrogens (primary N) is 1. The fraction of sp³-hybridized carbons (Fsp3) is 0.158. The second-order valence-electron chi connectivity index (χ2n) is 5.59. The summed E-state index contributed by atoms with van der Waals surface area (Å²) in [6.45, 7) is 2.14. The van der Waals surface area contributed by atoms with Gasteiger partial charge in [0.2, 0.25) is 0 Å². The number of allylic oxidation sites excluding steroid dienone is 6. The van der Waals surface area contributed by atoms with Gasteiger partial charge in [0.1, 0.15) is 0 Å². The first-order chi connectivity index (χ1) is 11.1. The third-order valence-corrected chi connectivity index (χ3v) is 3.89. The standard InChI is InChI=1S/C19H18N2O2/c1-2-3-12-4-6-13(7-5-12)21-15-9-11-16(22)18-14(20)8-10-17(23)19(15)18/h4-11,21H,2-3,20H2,1H3. The number of nitrogens with one attached hydrogen (secondary N) is 1. The van der Waals surface area contributed by atoms with Gasteiger partial charge in [-0.05, 0) is 48.4 Å². The third-order valence-electron chi connectivity index (χ3n) is 3.89. The van der Waals surface area contributed by atoms with Crippen LogP contribution in [0.2, 0.25) is 0 Å². The van der Waals surface area contributed by atoms with Crippen LogP contribution < -0.4 is 11.1 Å². The van der Waals surface area contributed by atoms with Gasteiger partial charge in [0.15, 0.2) is 11.6 Å². The zero-order valence-electron chi connectivity index (χ0n) is 12.9. The summed E-state index contributed by atoms with van der Waals surface area (Å²) in [5.74, 6) is -0.448. The molecule has 0 saturated heterocycles. The lowest BCUT2D eigenvalue weighted by Crippen LogP contribution is -2.24. The van der Waals surface area contributed by atoms with Crippen molar-refractivity contribution in [2.75, 3.05) is 5.32 Å². The quantitative estimate of drug-likeness (QED) is 0.897. The molecule has 0 bridgehead atoms. The average molecular weight is 306 g/mol. The molecule has 0 radical (unpaired) electrons. The molecule has 0 unspecified atom stereocenters. The van der Waals surface area contributed by atoms with Gasteiger partial charge >= 0.3 is 0 Å². The number of ketones is 2. The fourth-order valence-corrected chi connectivity index (χ4v) is 2.76. The lowest BCUT2D eigenvalue weighted by molar-refractivity contribution is -0.114. The van der Waals surface area contributed by atoms with E-state index in [1.54, 1.807) is 6.08 Å². The first-order valence-corrected chi connectivity index (χ1v) is 7.65. The van der Waals surface area contributed by atoms with E-state index in [1.807, 2.05) is 12.1 Å². The maximum atomic E-state index is 12.2. The minimum absolute atomic E-state index is 0.211. The van der Waals surface area contributed by atoms with Crippen molar-refractivity contribution in [3.05, 3.63) is 76.7 Å². The minimum Gasteiger partial charge on any atom is -0.398 e. The van der Waals surface area contributed by atoms with E-state index >= 15 is 0 Å². The highest BCUT2D eigenvalue weighted by molar-refractivity contribution is 6.23. The molecular formula is C19H18N2O2. The molecule has 0 aromatic heterocycles. The van der Waals surface area contributed by atoms with Crippen LogP contribution in [0.1, 0.15) is 18.9 Å². The van der Waals surface area contributed by atoms with E-state index in [1.165, 1.54) is 23.8 Å². The molecule has 3 rings (SSSR count). The Kier molecular flexibility index (Phi) is 3.98. The maximum Gasteiger partial charge on any atom is 0.188 e. The fourth-order valence-electron chi connectivity index (χ4n) is 2.76. The second-order valence-corrected chi connectivity index (χ2v) is 5.59. The minimum atomic E-state index is -0.237. The molecule has 0 atom stereocenters. The SMILES string of the molecule is CCCc1ccc(NC2=C3C(=O)C=CC(N)=C3C(=O)C=C2)cc1. The van der Waals surface area contributed by atoms with Gasteiger partial charge in [0.05, 0.1) is 16.8 Å². The molecule has 0 spiro atoms. The van der Waals surface area contributed by atoms with Gasteiger partial charge in [-0.2, -0.15) is 0 Å². The molecule has 0 fully saturated rings. The molecule has 2 aliphatic carbocycles. The number of hydrogen-bond acceptors (Lipinski definition) is 4. The Morgan fingerprint density at radius 1 is 0.913 bits per heavy atom. The zero-order valence-corrected chi connectivity index (χ0v) is 12.9. The predicted molar refractivity (Wildman–Crippen MR) is 90.6 cm³/mol. The molecule has 1 aromatic carbocycles. The average Bonchev–Trinajstić information content (AvgIpc) is 2.55. The molecule has 116 valence electrons. The van der Waals surface area contributed by atoms with Gasteiger partial charge in [0, 0.05) is 11.4 Å². The summed E-state index contributed by atoms with van der Waals surface area (Å²) in [6.07, 6.45) is 8.08. The number of hydrogen-bond donors (Lipinski definition) is 2. The van der Waals surface area contributed by atoms with Crippen molar-refractivity contribution >= 4 is 17.3 Å². The first-order valence-electron chi connectivity index (χ1n) is 7.65. The van der Waals surface area contributed by atoms with Gasteiger partial charge in [-0.3, -0.25) is 9.59 Å². The van der Waals surface area contributed by atoms with Crippen molar-refractivity contribution in [1.29, 1.82) is 0 Å². The molecule has 2 aliphatic rings. The van der Waals surface area contributed by atoms with Crippen molar-refractivity contribution in [2.24, 2.45) is 5.73 Å². The number of benzene rings is 1. The van der Waals surface area contributed by atoms with Crippen molar-refractivity contribution in [2.45, 2.75) is 19.8 Å². The van der Waals surface area contributed by atoms with Gasteiger partial charge in [-0.1, -0.05) is 25.5 Å². The smallest absolute Gasteiger partial charge is 0.188 e. The maximum absolute atomic E-state index is 12.2. The topological polar surface area (TPSA) is 72.2 Å². The Labute approximate surface area is 135 Å². The molecule has 1 aromatic rings. The predicted octanol–water partition coefficient (Wildman–Crippen LogP) is 2.80. The Balaban J connectivity index is 1.95. The Hall–Kier alpha value is -2.88. The highest BCUT2D eigenvalue weighted by Crippen LogP contribution is 2.29. The summed E-state index contributed by atoms with van der Waals surface area (Å²) in [7, 11) is 0. The van der Waals surface area contributed by atoms with Crippen LogP contribution in [0.4, 0.5) is 5.69 Å². The van der Waals surface area contributed by atoms with Crippen molar-refractivity contribution in [3.63, 3.8) is 0 Å². The van der Waals surface area contributed by atoms with E-state index in [-0.39, 0.29) is 17.1 Å². The van der Waals surface area contributed by atoms with Gasteiger partial charge in [-0.15, -0.1) is 0 Å². The highest BCUT2D eigenvalue weighted by Gasteiger charge is 2.29. The molecule has 4 heteroatoms.